The number of urea groups is 1. The first kappa shape index (κ1) is 18.4. The maximum absolute atomic E-state index is 13.0. The van der Waals surface area contributed by atoms with E-state index in [-0.39, 0.29) is 11.8 Å². The van der Waals surface area contributed by atoms with Crippen LogP contribution in [0.25, 0.3) is 0 Å². The molecular weight excluding hydrogens is 329 g/mol. The zero-order chi connectivity index (χ0) is 18.2. The van der Waals surface area contributed by atoms with Gasteiger partial charge in [-0.1, -0.05) is 42.5 Å². The Hall–Kier alpha value is -2.40. The van der Waals surface area contributed by atoms with Crippen molar-refractivity contribution >= 4 is 6.03 Å². The number of hydrogen-bond acceptors (Lipinski definition) is 2. The molecule has 1 N–H and O–H groups in total. The van der Waals surface area contributed by atoms with Crippen LogP contribution in [0.2, 0.25) is 0 Å². The summed E-state index contributed by atoms with van der Waals surface area (Å²) in [5, 5.41) is 3.02. The van der Waals surface area contributed by atoms with E-state index in [1.165, 1.54) is 17.7 Å². The molecule has 0 bridgehead atoms. The van der Waals surface area contributed by atoms with Gasteiger partial charge >= 0.3 is 6.03 Å². The molecule has 2 amide bonds. The molecule has 0 aliphatic carbocycles. The van der Waals surface area contributed by atoms with Gasteiger partial charge in [-0.05, 0) is 36.1 Å². The van der Waals surface area contributed by atoms with Crippen molar-refractivity contribution in [3.8, 4) is 0 Å². The number of amides is 2. The van der Waals surface area contributed by atoms with Crippen LogP contribution in [0.5, 0.6) is 0 Å². The molecule has 138 valence electrons. The second-order valence-corrected chi connectivity index (χ2v) is 6.71. The normalized spacial score (nSPS) is 15.0. The highest BCUT2D eigenvalue weighted by Gasteiger charge is 2.20. The number of halogens is 1. The van der Waals surface area contributed by atoms with Gasteiger partial charge in [0.25, 0.3) is 0 Å². The molecule has 0 unspecified atom stereocenters. The van der Waals surface area contributed by atoms with Gasteiger partial charge in [0, 0.05) is 39.3 Å². The third-order valence-electron chi connectivity index (χ3n) is 4.74. The highest BCUT2D eigenvalue weighted by Crippen LogP contribution is 2.10. The topological polar surface area (TPSA) is 35.6 Å². The lowest BCUT2D eigenvalue weighted by atomic mass is 10.1. The molecule has 4 nitrogen and oxygen atoms in total. The van der Waals surface area contributed by atoms with Gasteiger partial charge in [-0.25, -0.2) is 9.18 Å². The summed E-state index contributed by atoms with van der Waals surface area (Å²) in [4.78, 5) is 16.4. The first-order valence-electron chi connectivity index (χ1n) is 9.24. The fourth-order valence-electron chi connectivity index (χ4n) is 3.20. The van der Waals surface area contributed by atoms with Crippen LogP contribution < -0.4 is 5.32 Å². The average Bonchev–Trinajstić information content (AvgIpc) is 2.68. The molecule has 5 heteroatoms. The lowest BCUT2D eigenvalue weighted by Crippen LogP contribution is -2.51. The van der Waals surface area contributed by atoms with Crippen molar-refractivity contribution in [3.63, 3.8) is 0 Å². The Bertz CT molecular complexity index is 682. The quantitative estimate of drug-likeness (QED) is 0.807. The van der Waals surface area contributed by atoms with Gasteiger partial charge in [-0.2, -0.15) is 0 Å². The lowest BCUT2D eigenvalue weighted by Gasteiger charge is -2.34. The number of aryl methyl sites for hydroxylation is 1. The smallest absolute Gasteiger partial charge is 0.317 e. The largest absolute Gasteiger partial charge is 0.338 e. The number of nitrogens with zero attached hydrogens (tertiary/aromatic N) is 2. The number of benzene rings is 2. The van der Waals surface area contributed by atoms with E-state index in [9.17, 15) is 9.18 Å². The van der Waals surface area contributed by atoms with Crippen molar-refractivity contribution in [1.82, 2.24) is 15.1 Å². The Morgan fingerprint density at radius 2 is 1.62 bits per heavy atom. The first-order valence-corrected chi connectivity index (χ1v) is 9.24. The second-order valence-electron chi connectivity index (χ2n) is 6.71. The van der Waals surface area contributed by atoms with E-state index in [0.717, 1.165) is 51.1 Å². The Kier molecular flexibility index (Phi) is 6.61. The maximum atomic E-state index is 13.0. The summed E-state index contributed by atoms with van der Waals surface area (Å²) >= 11 is 0. The number of hydrogen-bond donors (Lipinski definition) is 1. The van der Waals surface area contributed by atoms with Crippen molar-refractivity contribution in [2.75, 3.05) is 32.7 Å². The van der Waals surface area contributed by atoms with Crippen LogP contribution in [0, 0.1) is 5.82 Å². The van der Waals surface area contributed by atoms with Crippen LogP contribution in [0.3, 0.4) is 0 Å². The fraction of sp³-hybridized carbons (Fsp3) is 0.381. The van der Waals surface area contributed by atoms with E-state index in [0.29, 0.717) is 6.54 Å². The van der Waals surface area contributed by atoms with Gasteiger partial charge in [0.2, 0.25) is 0 Å². The van der Waals surface area contributed by atoms with Crippen molar-refractivity contribution in [2.24, 2.45) is 0 Å². The minimum Gasteiger partial charge on any atom is -0.338 e. The van der Waals surface area contributed by atoms with Crippen LogP contribution >= 0.6 is 0 Å². The lowest BCUT2D eigenvalue weighted by molar-refractivity contribution is 0.135. The highest BCUT2D eigenvalue weighted by molar-refractivity contribution is 5.74. The zero-order valence-corrected chi connectivity index (χ0v) is 15.0. The highest BCUT2D eigenvalue weighted by atomic mass is 19.1. The molecular formula is C21H26FN3O. The zero-order valence-electron chi connectivity index (χ0n) is 15.0. The predicted octanol–water partition coefficient (Wildman–Crippen LogP) is 3.29. The molecule has 1 saturated heterocycles. The SMILES string of the molecule is O=C(NCCCc1ccccc1)N1CCN(Cc2ccc(F)cc2)CC1. The molecule has 3 rings (SSSR count). The van der Waals surface area contributed by atoms with Gasteiger partial charge in [0.05, 0.1) is 0 Å². The molecule has 2 aromatic rings. The Labute approximate surface area is 154 Å². The van der Waals surface area contributed by atoms with Crippen LogP contribution in [0.4, 0.5) is 9.18 Å². The molecule has 1 fully saturated rings. The molecule has 0 radical (unpaired) electrons. The van der Waals surface area contributed by atoms with Crippen LogP contribution in [-0.2, 0) is 13.0 Å². The summed E-state index contributed by atoms with van der Waals surface area (Å²) in [5.74, 6) is -0.206. The number of carbonyl (C=O) groups is 1. The molecule has 1 aliphatic rings. The average molecular weight is 355 g/mol. The van der Waals surface area contributed by atoms with E-state index >= 15 is 0 Å². The maximum Gasteiger partial charge on any atom is 0.317 e. The number of nitrogens with one attached hydrogen (secondary N) is 1. The van der Waals surface area contributed by atoms with E-state index in [1.54, 1.807) is 0 Å². The number of piperazine rings is 1. The molecule has 0 saturated carbocycles. The monoisotopic (exact) mass is 355 g/mol. The van der Waals surface area contributed by atoms with Gasteiger partial charge in [-0.15, -0.1) is 0 Å². The minimum atomic E-state index is -0.206. The van der Waals surface area contributed by atoms with Crippen molar-refractivity contribution in [3.05, 3.63) is 71.5 Å². The standard InChI is InChI=1S/C21H26FN3O/c22-20-10-8-19(9-11-20)17-24-13-15-25(16-14-24)21(26)23-12-4-7-18-5-2-1-3-6-18/h1-3,5-6,8-11H,4,7,12-17H2,(H,23,26). The van der Waals surface area contributed by atoms with Gasteiger partial charge in [-0.3, -0.25) is 4.90 Å². The summed E-state index contributed by atoms with van der Waals surface area (Å²) in [6.45, 7) is 4.64. The van der Waals surface area contributed by atoms with E-state index in [4.69, 9.17) is 0 Å². The van der Waals surface area contributed by atoms with Crippen molar-refractivity contribution in [2.45, 2.75) is 19.4 Å². The Balaban J connectivity index is 1.33. The summed E-state index contributed by atoms with van der Waals surface area (Å²) in [6.07, 6.45) is 1.92. The molecule has 2 aromatic carbocycles. The summed E-state index contributed by atoms with van der Waals surface area (Å²) in [5.41, 5.74) is 2.40. The summed E-state index contributed by atoms with van der Waals surface area (Å²) in [6, 6.07) is 17.0. The van der Waals surface area contributed by atoms with Gasteiger partial charge in [0.15, 0.2) is 0 Å². The van der Waals surface area contributed by atoms with E-state index in [2.05, 4.69) is 22.3 Å². The van der Waals surface area contributed by atoms with Crippen LogP contribution in [-0.4, -0.2) is 48.6 Å². The molecule has 26 heavy (non-hydrogen) atoms. The Morgan fingerprint density at radius 3 is 2.31 bits per heavy atom. The second kappa shape index (κ2) is 9.34. The van der Waals surface area contributed by atoms with Gasteiger partial charge in [0.1, 0.15) is 5.82 Å². The summed E-state index contributed by atoms with van der Waals surface area (Å²) in [7, 11) is 0. The van der Waals surface area contributed by atoms with Crippen molar-refractivity contribution < 1.29 is 9.18 Å². The van der Waals surface area contributed by atoms with E-state index < -0.39 is 0 Å². The molecule has 1 aliphatic heterocycles. The van der Waals surface area contributed by atoms with Crippen LogP contribution in [0.15, 0.2) is 54.6 Å². The van der Waals surface area contributed by atoms with Crippen LogP contribution in [0.1, 0.15) is 17.5 Å². The van der Waals surface area contributed by atoms with Gasteiger partial charge < -0.3 is 10.2 Å². The molecule has 0 spiro atoms. The predicted molar refractivity (Wildman–Crippen MR) is 101 cm³/mol. The number of rotatable bonds is 6. The molecule has 0 atom stereocenters. The Morgan fingerprint density at radius 1 is 0.923 bits per heavy atom. The molecule has 1 heterocycles. The third-order valence-corrected chi connectivity index (χ3v) is 4.74. The van der Waals surface area contributed by atoms with Crippen molar-refractivity contribution in [1.29, 1.82) is 0 Å². The summed E-state index contributed by atoms with van der Waals surface area (Å²) < 4.78 is 13.0. The molecule has 0 aromatic heterocycles. The first-order chi connectivity index (χ1) is 12.7. The fourth-order valence-corrected chi connectivity index (χ4v) is 3.20. The minimum absolute atomic E-state index is 0.0273. The third kappa shape index (κ3) is 5.56. The van der Waals surface area contributed by atoms with E-state index in [1.807, 2.05) is 35.2 Å². The number of carbonyl (C=O) groups excluding carboxylic acids is 1.